The summed E-state index contributed by atoms with van der Waals surface area (Å²) in [7, 11) is 2.09. The number of carbonyl (C=O) groups excluding carboxylic acids is 1. The summed E-state index contributed by atoms with van der Waals surface area (Å²) in [5, 5.41) is 2.97. The molecule has 0 bridgehead atoms. The standard InChI is InChI=1S/C9H16N2O.C2H6/c1-11-6-4-9(7-11)3-2-5-10-8(9)12;1-2/h2-7H2,1H3,(H,10,12);1-2H3. The lowest BCUT2D eigenvalue weighted by atomic mass is 9.79. The van der Waals surface area contributed by atoms with Gasteiger partial charge in [0.15, 0.2) is 0 Å². The van der Waals surface area contributed by atoms with Crippen molar-refractivity contribution in [3.63, 3.8) is 0 Å². The smallest absolute Gasteiger partial charge is 0.227 e. The minimum absolute atomic E-state index is 0.0208. The van der Waals surface area contributed by atoms with E-state index in [0.29, 0.717) is 0 Å². The Hall–Kier alpha value is -0.570. The Kier molecular flexibility index (Phi) is 3.93. The van der Waals surface area contributed by atoms with Gasteiger partial charge in [-0.2, -0.15) is 0 Å². The fraction of sp³-hybridized carbons (Fsp3) is 0.909. The van der Waals surface area contributed by atoms with Crippen molar-refractivity contribution < 1.29 is 4.79 Å². The van der Waals surface area contributed by atoms with Gasteiger partial charge in [-0.25, -0.2) is 0 Å². The number of likely N-dealkylation sites (tertiary alicyclic amines) is 1. The largest absolute Gasteiger partial charge is 0.356 e. The average Bonchev–Trinajstić information content (AvgIpc) is 2.58. The van der Waals surface area contributed by atoms with Crippen molar-refractivity contribution in [3.05, 3.63) is 0 Å². The van der Waals surface area contributed by atoms with Gasteiger partial charge in [-0.3, -0.25) is 4.79 Å². The van der Waals surface area contributed by atoms with Gasteiger partial charge in [0.2, 0.25) is 5.91 Å². The number of rotatable bonds is 0. The second kappa shape index (κ2) is 4.78. The first kappa shape index (κ1) is 11.5. The highest BCUT2D eigenvalue weighted by atomic mass is 16.2. The highest BCUT2D eigenvalue weighted by Crippen LogP contribution is 2.36. The Morgan fingerprint density at radius 3 is 2.57 bits per heavy atom. The van der Waals surface area contributed by atoms with Crippen molar-refractivity contribution in [1.29, 1.82) is 0 Å². The van der Waals surface area contributed by atoms with Crippen LogP contribution in [0, 0.1) is 5.41 Å². The average molecular weight is 198 g/mol. The van der Waals surface area contributed by atoms with E-state index < -0.39 is 0 Å². The summed E-state index contributed by atoms with van der Waals surface area (Å²) in [6, 6.07) is 0. The zero-order chi connectivity index (χ0) is 10.6. The molecule has 2 heterocycles. The Balaban J connectivity index is 0.000000461. The van der Waals surface area contributed by atoms with E-state index in [9.17, 15) is 4.79 Å². The Labute approximate surface area is 86.9 Å². The second-order valence-corrected chi connectivity index (χ2v) is 4.13. The summed E-state index contributed by atoms with van der Waals surface area (Å²) >= 11 is 0. The Morgan fingerprint density at radius 1 is 1.36 bits per heavy atom. The molecule has 0 aromatic rings. The maximum Gasteiger partial charge on any atom is 0.227 e. The molecule has 2 aliphatic rings. The first-order valence-corrected chi connectivity index (χ1v) is 5.70. The normalized spacial score (nSPS) is 32.4. The third kappa shape index (κ3) is 2.08. The Bertz CT molecular complexity index is 201. The van der Waals surface area contributed by atoms with Gasteiger partial charge in [-0.1, -0.05) is 13.8 Å². The molecule has 82 valence electrons. The van der Waals surface area contributed by atoms with Crippen molar-refractivity contribution in [3.8, 4) is 0 Å². The first-order chi connectivity index (χ1) is 6.73. The summed E-state index contributed by atoms with van der Waals surface area (Å²) < 4.78 is 0. The van der Waals surface area contributed by atoms with E-state index in [2.05, 4.69) is 17.3 Å². The maximum atomic E-state index is 11.6. The lowest BCUT2D eigenvalue weighted by Gasteiger charge is -2.31. The van der Waals surface area contributed by atoms with Crippen molar-refractivity contribution in [2.24, 2.45) is 5.41 Å². The van der Waals surface area contributed by atoms with Crippen LogP contribution in [0.5, 0.6) is 0 Å². The molecule has 0 aliphatic carbocycles. The molecule has 1 spiro atoms. The predicted octanol–water partition coefficient (Wildman–Crippen LogP) is 1.24. The van der Waals surface area contributed by atoms with Crippen LogP contribution in [0.3, 0.4) is 0 Å². The summed E-state index contributed by atoms with van der Waals surface area (Å²) in [6.45, 7) is 6.91. The molecule has 2 aliphatic heterocycles. The molecule has 1 N–H and O–H groups in total. The van der Waals surface area contributed by atoms with Crippen molar-refractivity contribution in [2.45, 2.75) is 33.1 Å². The second-order valence-electron chi connectivity index (χ2n) is 4.13. The highest BCUT2D eigenvalue weighted by molar-refractivity contribution is 5.83. The Morgan fingerprint density at radius 2 is 2.07 bits per heavy atom. The van der Waals surface area contributed by atoms with E-state index in [1.807, 2.05) is 13.8 Å². The van der Waals surface area contributed by atoms with Gasteiger partial charge < -0.3 is 10.2 Å². The molecular formula is C11H22N2O. The third-order valence-electron chi connectivity index (χ3n) is 3.14. The zero-order valence-corrected chi connectivity index (χ0v) is 9.60. The number of piperidine rings is 1. The zero-order valence-electron chi connectivity index (χ0n) is 9.60. The molecule has 0 aromatic heterocycles. The van der Waals surface area contributed by atoms with Gasteiger partial charge in [0.1, 0.15) is 0 Å². The lowest BCUT2D eigenvalue weighted by molar-refractivity contribution is -0.132. The number of amides is 1. The van der Waals surface area contributed by atoms with Gasteiger partial charge in [-0.05, 0) is 32.9 Å². The van der Waals surface area contributed by atoms with E-state index in [-0.39, 0.29) is 11.3 Å². The minimum Gasteiger partial charge on any atom is -0.356 e. The van der Waals surface area contributed by atoms with Gasteiger partial charge in [0.05, 0.1) is 5.41 Å². The topological polar surface area (TPSA) is 32.3 Å². The molecule has 0 saturated carbocycles. The minimum atomic E-state index is -0.0208. The maximum absolute atomic E-state index is 11.6. The van der Waals surface area contributed by atoms with Gasteiger partial charge in [0, 0.05) is 13.1 Å². The van der Waals surface area contributed by atoms with Crippen LogP contribution in [0.25, 0.3) is 0 Å². The van der Waals surface area contributed by atoms with Crippen LogP contribution in [0.15, 0.2) is 0 Å². The number of hydrogen-bond donors (Lipinski definition) is 1. The fourth-order valence-corrected chi connectivity index (χ4v) is 2.40. The molecule has 3 heteroatoms. The molecule has 1 atom stereocenters. The van der Waals surface area contributed by atoms with E-state index in [1.165, 1.54) is 0 Å². The van der Waals surface area contributed by atoms with E-state index in [1.54, 1.807) is 0 Å². The van der Waals surface area contributed by atoms with E-state index in [4.69, 9.17) is 0 Å². The number of nitrogens with one attached hydrogen (secondary N) is 1. The molecule has 2 saturated heterocycles. The van der Waals surface area contributed by atoms with Crippen LogP contribution in [-0.2, 0) is 4.79 Å². The number of carbonyl (C=O) groups is 1. The molecule has 1 amide bonds. The van der Waals surface area contributed by atoms with Crippen LogP contribution >= 0.6 is 0 Å². The molecule has 1 unspecified atom stereocenters. The molecule has 14 heavy (non-hydrogen) atoms. The quantitative estimate of drug-likeness (QED) is 0.635. The van der Waals surface area contributed by atoms with Crippen molar-refractivity contribution >= 4 is 5.91 Å². The van der Waals surface area contributed by atoms with Crippen LogP contribution < -0.4 is 5.32 Å². The molecular weight excluding hydrogens is 176 g/mol. The highest BCUT2D eigenvalue weighted by Gasteiger charge is 2.44. The molecule has 0 radical (unpaired) electrons. The van der Waals surface area contributed by atoms with Crippen LogP contribution in [-0.4, -0.2) is 37.5 Å². The van der Waals surface area contributed by atoms with Crippen LogP contribution in [0.1, 0.15) is 33.1 Å². The summed E-state index contributed by atoms with van der Waals surface area (Å²) in [5.41, 5.74) is -0.0208. The molecule has 2 rings (SSSR count). The van der Waals surface area contributed by atoms with Gasteiger partial charge in [-0.15, -0.1) is 0 Å². The molecule has 3 nitrogen and oxygen atoms in total. The summed E-state index contributed by atoms with van der Waals surface area (Å²) in [6.07, 6.45) is 3.29. The predicted molar refractivity (Wildman–Crippen MR) is 58.1 cm³/mol. The monoisotopic (exact) mass is 198 g/mol. The van der Waals surface area contributed by atoms with Crippen molar-refractivity contribution in [1.82, 2.24) is 10.2 Å². The van der Waals surface area contributed by atoms with E-state index in [0.717, 1.165) is 38.9 Å². The first-order valence-electron chi connectivity index (χ1n) is 5.70. The number of hydrogen-bond acceptors (Lipinski definition) is 2. The number of nitrogens with zero attached hydrogens (tertiary/aromatic N) is 1. The lowest BCUT2D eigenvalue weighted by Crippen LogP contribution is -2.47. The summed E-state index contributed by atoms with van der Waals surface area (Å²) in [5.74, 6) is 0.290. The van der Waals surface area contributed by atoms with Crippen LogP contribution in [0.4, 0.5) is 0 Å². The third-order valence-corrected chi connectivity index (χ3v) is 3.14. The summed E-state index contributed by atoms with van der Waals surface area (Å²) in [4.78, 5) is 13.9. The van der Waals surface area contributed by atoms with Crippen LogP contribution in [0.2, 0.25) is 0 Å². The fourth-order valence-electron chi connectivity index (χ4n) is 2.40. The van der Waals surface area contributed by atoms with E-state index >= 15 is 0 Å². The van der Waals surface area contributed by atoms with Crippen molar-refractivity contribution in [2.75, 3.05) is 26.7 Å². The van der Waals surface area contributed by atoms with Gasteiger partial charge >= 0.3 is 0 Å². The SMILES string of the molecule is CC.CN1CCC2(CCCNC2=O)C1. The molecule has 0 aromatic carbocycles. The van der Waals surface area contributed by atoms with Gasteiger partial charge in [0.25, 0.3) is 0 Å². The molecule has 2 fully saturated rings.